The van der Waals surface area contributed by atoms with E-state index in [1.54, 1.807) is 11.6 Å². The Morgan fingerprint density at radius 1 is 0.846 bits per heavy atom. The second-order valence-corrected chi connectivity index (χ2v) is 8.89. The number of rotatable bonds is 7. The Hall–Kier alpha value is -1.11. The highest BCUT2D eigenvalue weighted by Gasteiger charge is 2.24. The van der Waals surface area contributed by atoms with Gasteiger partial charge < -0.3 is 0 Å². The maximum Gasteiger partial charge on any atom is 0.0829 e. The van der Waals surface area contributed by atoms with Crippen LogP contribution in [0.4, 0.5) is 4.39 Å². The molecule has 0 amide bonds. The van der Waals surface area contributed by atoms with E-state index < -0.39 is 0 Å². The number of aryl methyl sites for hydroxylation is 1. The van der Waals surface area contributed by atoms with Crippen LogP contribution in [0.15, 0.2) is 36.7 Å². The molecular weight excluding hydrogens is 319 g/mol. The van der Waals surface area contributed by atoms with Crippen LogP contribution in [0.25, 0.3) is 0 Å². The van der Waals surface area contributed by atoms with Gasteiger partial charge >= 0.3 is 0 Å². The van der Waals surface area contributed by atoms with Gasteiger partial charge in [0.25, 0.3) is 0 Å². The molecule has 1 aromatic carbocycles. The fourth-order valence-electron chi connectivity index (χ4n) is 5.27. The molecule has 26 heavy (non-hydrogen) atoms. The van der Waals surface area contributed by atoms with Crippen molar-refractivity contribution in [3.63, 3.8) is 0 Å². The third-order valence-corrected chi connectivity index (χ3v) is 7.06. The van der Waals surface area contributed by atoms with Crippen LogP contribution in [0.3, 0.4) is 0 Å². The fourth-order valence-corrected chi connectivity index (χ4v) is 5.27. The molecule has 0 unspecified atom stereocenters. The van der Waals surface area contributed by atoms with Crippen molar-refractivity contribution in [2.24, 2.45) is 17.8 Å². The minimum atomic E-state index is 0.510. The summed E-state index contributed by atoms with van der Waals surface area (Å²) in [6.45, 7) is 2.25. The largest absolute Gasteiger partial charge is 0.216 e. The third-order valence-electron chi connectivity index (χ3n) is 7.06. The molecule has 2 saturated carbocycles. The molecule has 3 rings (SSSR count). The van der Waals surface area contributed by atoms with Crippen LogP contribution < -0.4 is 0 Å². The number of benzene rings is 1. The van der Waals surface area contributed by atoms with Crippen molar-refractivity contribution >= 4 is 0 Å². The minimum Gasteiger partial charge on any atom is -0.216 e. The molecule has 2 fully saturated rings. The summed E-state index contributed by atoms with van der Waals surface area (Å²) in [5.41, 5.74) is 3.06. The van der Waals surface area contributed by atoms with E-state index in [-0.39, 0.29) is 0 Å². The maximum atomic E-state index is 12.3. The highest BCUT2D eigenvalue weighted by molar-refractivity contribution is 5.25. The molecule has 0 nitrogen and oxygen atoms in total. The van der Waals surface area contributed by atoms with Crippen molar-refractivity contribution in [3.8, 4) is 0 Å². The summed E-state index contributed by atoms with van der Waals surface area (Å²) in [5.74, 6) is 3.16. The van der Waals surface area contributed by atoms with Crippen molar-refractivity contribution in [1.29, 1.82) is 0 Å². The average Bonchev–Trinajstić information content (AvgIpc) is 2.69. The van der Waals surface area contributed by atoms with E-state index in [4.69, 9.17) is 0 Å². The van der Waals surface area contributed by atoms with Crippen molar-refractivity contribution in [3.05, 3.63) is 47.8 Å². The molecule has 2 aliphatic carbocycles. The molecule has 0 aromatic heterocycles. The first kappa shape index (κ1) is 19.6. The normalized spacial score (nSPS) is 29.9. The molecule has 2 aliphatic rings. The van der Waals surface area contributed by atoms with E-state index in [0.717, 1.165) is 24.1 Å². The minimum absolute atomic E-state index is 0.510. The Morgan fingerprint density at radius 2 is 1.42 bits per heavy atom. The lowest BCUT2D eigenvalue weighted by atomic mass is 9.74. The summed E-state index contributed by atoms with van der Waals surface area (Å²) in [6.07, 6.45) is 18.4. The summed E-state index contributed by atoms with van der Waals surface area (Å²) in [6, 6.07) is 9.47. The molecule has 144 valence electrons. The van der Waals surface area contributed by atoms with Gasteiger partial charge in [-0.05, 0) is 92.6 Å². The van der Waals surface area contributed by atoms with E-state index in [2.05, 4.69) is 31.2 Å². The van der Waals surface area contributed by atoms with Crippen LogP contribution in [-0.2, 0) is 6.42 Å². The predicted molar refractivity (Wildman–Crippen MR) is 110 cm³/mol. The van der Waals surface area contributed by atoms with Gasteiger partial charge in [-0.15, -0.1) is 0 Å². The lowest BCUT2D eigenvalue weighted by molar-refractivity contribution is 0.245. The first-order chi connectivity index (χ1) is 12.8. The van der Waals surface area contributed by atoms with Crippen LogP contribution in [0.5, 0.6) is 0 Å². The van der Waals surface area contributed by atoms with E-state index in [1.807, 2.05) is 0 Å². The summed E-state index contributed by atoms with van der Waals surface area (Å²) < 4.78 is 12.3. The molecule has 0 bridgehead atoms. The number of hydrogen-bond donors (Lipinski definition) is 0. The molecular formula is C25H37F. The zero-order valence-corrected chi connectivity index (χ0v) is 16.6. The monoisotopic (exact) mass is 356 g/mol. The molecule has 0 aliphatic heterocycles. The molecule has 1 aromatic rings. The predicted octanol–water partition coefficient (Wildman–Crippen LogP) is 7.98. The highest BCUT2D eigenvalue weighted by atomic mass is 19.1. The Morgan fingerprint density at radius 3 is 1.96 bits per heavy atom. The van der Waals surface area contributed by atoms with Crippen LogP contribution >= 0.6 is 0 Å². The van der Waals surface area contributed by atoms with Crippen molar-refractivity contribution in [2.45, 2.75) is 89.9 Å². The highest BCUT2D eigenvalue weighted by Crippen LogP contribution is 2.40. The van der Waals surface area contributed by atoms with Crippen LogP contribution in [0.2, 0.25) is 0 Å². The summed E-state index contributed by atoms with van der Waals surface area (Å²) >= 11 is 0. The summed E-state index contributed by atoms with van der Waals surface area (Å²) in [5, 5.41) is 0. The second-order valence-electron chi connectivity index (χ2n) is 8.89. The number of hydrogen-bond acceptors (Lipinski definition) is 0. The molecule has 0 atom stereocenters. The number of halogens is 1. The lowest BCUT2D eigenvalue weighted by Crippen LogP contribution is -2.17. The quantitative estimate of drug-likeness (QED) is 0.464. The molecule has 0 radical (unpaired) electrons. The van der Waals surface area contributed by atoms with E-state index in [1.165, 1.54) is 82.6 Å². The molecule has 0 N–H and O–H groups in total. The van der Waals surface area contributed by atoms with Crippen molar-refractivity contribution in [2.75, 3.05) is 0 Å². The smallest absolute Gasteiger partial charge is 0.0829 e. The van der Waals surface area contributed by atoms with E-state index >= 15 is 0 Å². The van der Waals surface area contributed by atoms with Crippen LogP contribution in [-0.4, -0.2) is 0 Å². The van der Waals surface area contributed by atoms with E-state index in [9.17, 15) is 4.39 Å². The molecule has 0 heterocycles. The molecule has 0 saturated heterocycles. The topological polar surface area (TPSA) is 0 Å². The van der Waals surface area contributed by atoms with Gasteiger partial charge in [0.1, 0.15) is 0 Å². The molecule has 0 spiro atoms. The fraction of sp³-hybridized carbons (Fsp3) is 0.680. The summed E-state index contributed by atoms with van der Waals surface area (Å²) in [4.78, 5) is 0. The van der Waals surface area contributed by atoms with Gasteiger partial charge in [0.2, 0.25) is 0 Å². The summed E-state index contributed by atoms with van der Waals surface area (Å²) in [7, 11) is 0. The SMILES string of the molecule is CCCc1ccc(C2CCC(CCC3CCC(/C=C/F)CC3)CC2)cc1. The van der Waals surface area contributed by atoms with Crippen molar-refractivity contribution in [1.82, 2.24) is 0 Å². The van der Waals surface area contributed by atoms with E-state index in [0.29, 0.717) is 5.92 Å². The number of allylic oxidation sites excluding steroid dienone is 1. The molecule has 1 heteroatoms. The maximum absolute atomic E-state index is 12.3. The van der Waals surface area contributed by atoms with Gasteiger partial charge in [0.05, 0.1) is 6.33 Å². The Bertz CT molecular complexity index is 528. The first-order valence-electron chi connectivity index (χ1n) is 11.1. The zero-order chi connectivity index (χ0) is 18.2. The van der Waals surface area contributed by atoms with Gasteiger partial charge in [-0.25, -0.2) is 4.39 Å². The second kappa shape index (κ2) is 10.3. The Labute approximate surface area is 160 Å². The average molecular weight is 357 g/mol. The van der Waals surface area contributed by atoms with Gasteiger partial charge in [0, 0.05) is 0 Å². The van der Waals surface area contributed by atoms with Gasteiger partial charge in [0.15, 0.2) is 0 Å². The van der Waals surface area contributed by atoms with Gasteiger partial charge in [-0.3, -0.25) is 0 Å². The third kappa shape index (κ3) is 5.69. The first-order valence-corrected chi connectivity index (χ1v) is 11.1. The van der Waals surface area contributed by atoms with Crippen LogP contribution in [0, 0.1) is 17.8 Å². The Kier molecular flexibility index (Phi) is 7.77. The zero-order valence-electron chi connectivity index (χ0n) is 16.6. The van der Waals surface area contributed by atoms with Crippen molar-refractivity contribution < 1.29 is 4.39 Å². The van der Waals surface area contributed by atoms with Gasteiger partial charge in [-0.1, -0.05) is 56.5 Å². The van der Waals surface area contributed by atoms with Gasteiger partial charge in [-0.2, -0.15) is 0 Å². The Balaban J connectivity index is 1.36. The van der Waals surface area contributed by atoms with Crippen LogP contribution in [0.1, 0.15) is 94.6 Å². The lowest BCUT2D eigenvalue weighted by Gasteiger charge is -2.31. The standard InChI is InChI=1S/C25H37F/c1-2-3-20-10-14-24(15-11-20)25-16-12-22(13-17-25)5-4-21-6-8-23(9-7-21)18-19-26/h10-11,14-15,18-19,21-23,25H,2-9,12-13,16-17H2,1H3/b19-18+.